The van der Waals surface area contributed by atoms with Crippen LogP contribution < -0.4 is 9.46 Å². The minimum atomic E-state index is -3.51. The fourth-order valence-corrected chi connectivity index (χ4v) is 3.94. The molecule has 130 valence electrons. The van der Waals surface area contributed by atoms with E-state index in [1.165, 1.54) is 0 Å². The molecule has 1 N–H and O–H groups in total. The Morgan fingerprint density at radius 1 is 1.08 bits per heavy atom. The molecule has 2 aromatic rings. The summed E-state index contributed by atoms with van der Waals surface area (Å²) >= 11 is 11.8. The van der Waals surface area contributed by atoms with Gasteiger partial charge in [0.2, 0.25) is 10.0 Å². The summed E-state index contributed by atoms with van der Waals surface area (Å²) in [5.41, 5.74) is 1.44. The third-order valence-corrected chi connectivity index (χ3v) is 5.55. The predicted octanol–water partition coefficient (Wildman–Crippen LogP) is 4.57. The number of rotatable bonds is 7. The van der Waals surface area contributed by atoms with Gasteiger partial charge in [-0.3, -0.25) is 0 Å². The lowest BCUT2D eigenvalue weighted by molar-refractivity contribution is 0.340. The summed E-state index contributed by atoms with van der Waals surface area (Å²) in [6.45, 7) is 4.29. The number of benzene rings is 2. The molecule has 0 saturated carbocycles. The Hall–Kier alpha value is -1.27. The zero-order valence-corrected chi connectivity index (χ0v) is 15.8. The molecule has 0 fully saturated rings. The standard InChI is InChI=1S/C17H19Cl2NO3S/c1-3-23-15-7-5-14(6-8-15)12(2)20-24(21,22)11-13-4-9-16(18)17(19)10-13/h4-10,12,20H,3,11H2,1-2H3/t12-/m0/s1. The number of sulfonamides is 1. The highest BCUT2D eigenvalue weighted by Crippen LogP contribution is 2.24. The molecule has 0 amide bonds. The molecule has 0 heterocycles. The van der Waals surface area contributed by atoms with Gasteiger partial charge in [-0.15, -0.1) is 0 Å². The van der Waals surface area contributed by atoms with Gasteiger partial charge in [-0.1, -0.05) is 41.4 Å². The predicted molar refractivity (Wildman–Crippen MR) is 98.2 cm³/mol. The second-order valence-electron chi connectivity index (χ2n) is 5.35. The summed E-state index contributed by atoms with van der Waals surface area (Å²) in [7, 11) is -3.51. The summed E-state index contributed by atoms with van der Waals surface area (Å²) in [5.74, 6) is 0.595. The third-order valence-electron chi connectivity index (χ3n) is 3.39. The van der Waals surface area contributed by atoms with Crippen molar-refractivity contribution in [2.75, 3.05) is 6.61 Å². The van der Waals surface area contributed by atoms with Gasteiger partial charge >= 0.3 is 0 Å². The van der Waals surface area contributed by atoms with E-state index in [0.717, 1.165) is 11.3 Å². The Morgan fingerprint density at radius 3 is 2.33 bits per heavy atom. The van der Waals surface area contributed by atoms with E-state index in [1.54, 1.807) is 25.1 Å². The average Bonchev–Trinajstić information content (AvgIpc) is 2.51. The molecule has 2 rings (SSSR count). The molecule has 0 aliphatic carbocycles. The van der Waals surface area contributed by atoms with Gasteiger partial charge in [0.25, 0.3) is 0 Å². The molecule has 0 spiro atoms. The summed E-state index contributed by atoms with van der Waals surface area (Å²) in [6.07, 6.45) is 0. The normalized spacial score (nSPS) is 12.8. The lowest BCUT2D eigenvalue weighted by Crippen LogP contribution is -2.28. The highest BCUT2D eigenvalue weighted by molar-refractivity contribution is 7.88. The van der Waals surface area contributed by atoms with Crippen molar-refractivity contribution in [3.63, 3.8) is 0 Å². The van der Waals surface area contributed by atoms with E-state index in [9.17, 15) is 8.42 Å². The van der Waals surface area contributed by atoms with Crippen molar-refractivity contribution in [3.8, 4) is 5.75 Å². The van der Waals surface area contributed by atoms with Crippen LogP contribution in [-0.4, -0.2) is 15.0 Å². The van der Waals surface area contributed by atoms with Crippen LogP contribution in [0.15, 0.2) is 42.5 Å². The van der Waals surface area contributed by atoms with E-state index >= 15 is 0 Å². The molecule has 0 aliphatic heterocycles. The fourth-order valence-electron chi connectivity index (χ4n) is 2.25. The van der Waals surface area contributed by atoms with Crippen LogP contribution in [0.2, 0.25) is 10.0 Å². The number of hydrogen-bond donors (Lipinski definition) is 1. The third kappa shape index (κ3) is 5.38. The largest absolute Gasteiger partial charge is 0.494 e. The van der Waals surface area contributed by atoms with Crippen molar-refractivity contribution in [2.24, 2.45) is 0 Å². The van der Waals surface area contributed by atoms with Crippen LogP contribution in [0.5, 0.6) is 5.75 Å². The van der Waals surface area contributed by atoms with Gasteiger partial charge in [-0.2, -0.15) is 0 Å². The lowest BCUT2D eigenvalue weighted by atomic mass is 10.1. The molecule has 0 saturated heterocycles. The van der Waals surface area contributed by atoms with E-state index in [0.29, 0.717) is 22.2 Å². The van der Waals surface area contributed by atoms with E-state index in [-0.39, 0.29) is 11.8 Å². The van der Waals surface area contributed by atoms with Gasteiger partial charge in [0.1, 0.15) is 5.75 Å². The first kappa shape index (κ1) is 19.1. The first-order valence-electron chi connectivity index (χ1n) is 7.47. The fraction of sp³-hybridized carbons (Fsp3) is 0.294. The van der Waals surface area contributed by atoms with Crippen molar-refractivity contribution in [1.29, 1.82) is 0 Å². The van der Waals surface area contributed by atoms with Crippen molar-refractivity contribution in [2.45, 2.75) is 25.6 Å². The zero-order valence-electron chi connectivity index (χ0n) is 13.4. The molecule has 1 atom stereocenters. The minimum absolute atomic E-state index is 0.161. The van der Waals surface area contributed by atoms with Crippen LogP contribution in [0, 0.1) is 0 Å². The number of halogens is 2. The Balaban J connectivity index is 2.05. The molecule has 0 aliphatic rings. The van der Waals surface area contributed by atoms with Crippen molar-refractivity contribution in [3.05, 3.63) is 63.6 Å². The molecule has 0 radical (unpaired) electrons. The van der Waals surface area contributed by atoms with Gasteiger partial charge in [-0.25, -0.2) is 13.1 Å². The number of ether oxygens (including phenoxy) is 1. The van der Waals surface area contributed by atoms with E-state index < -0.39 is 10.0 Å². The molecular formula is C17H19Cl2NO3S. The van der Waals surface area contributed by atoms with Crippen molar-refractivity contribution >= 4 is 33.2 Å². The van der Waals surface area contributed by atoms with Gasteiger partial charge in [0.05, 0.1) is 22.4 Å². The van der Waals surface area contributed by atoms with Gasteiger partial charge < -0.3 is 4.74 Å². The molecule has 7 heteroatoms. The Labute approximate surface area is 152 Å². The number of nitrogens with one attached hydrogen (secondary N) is 1. The summed E-state index contributed by atoms with van der Waals surface area (Å²) in [5, 5.41) is 0.734. The molecule has 0 unspecified atom stereocenters. The van der Waals surface area contributed by atoms with E-state index in [1.807, 2.05) is 31.2 Å². The lowest BCUT2D eigenvalue weighted by Gasteiger charge is -2.15. The highest BCUT2D eigenvalue weighted by Gasteiger charge is 2.17. The second-order valence-corrected chi connectivity index (χ2v) is 7.92. The summed E-state index contributed by atoms with van der Waals surface area (Å²) < 4.78 is 32.7. The molecular weight excluding hydrogens is 369 g/mol. The van der Waals surface area contributed by atoms with Crippen LogP contribution in [-0.2, 0) is 15.8 Å². The molecule has 4 nitrogen and oxygen atoms in total. The Kier molecular flexibility index (Phi) is 6.52. The monoisotopic (exact) mass is 387 g/mol. The molecule has 0 bridgehead atoms. The first-order chi connectivity index (χ1) is 11.3. The smallest absolute Gasteiger partial charge is 0.216 e. The maximum Gasteiger partial charge on any atom is 0.216 e. The molecule has 24 heavy (non-hydrogen) atoms. The number of hydrogen-bond acceptors (Lipinski definition) is 3. The Bertz CT molecular complexity index is 792. The van der Waals surface area contributed by atoms with Gasteiger partial charge in [-0.05, 0) is 49.2 Å². The van der Waals surface area contributed by atoms with Crippen LogP contribution >= 0.6 is 23.2 Å². The van der Waals surface area contributed by atoms with E-state index in [4.69, 9.17) is 27.9 Å². The van der Waals surface area contributed by atoms with Crippen molar-refractivity contribution in [1.82, 2.24) is 4.72 Å². The van der Waals surface area contributed by atoms with Gasteiger partial charge in [0.15, 0.2) is 0 Å². The van der Waals surface area contributed by atoms with E-state index in [2.05, 4.69) is 4.72 Å². The van der Waals surface area contributed by atoms with Crippen LogP contribution in [0.25, 0.3) is 0 Å². The first-order valence-corrected chi connectivity index (χ1v) is 9.88. The SMILES string of the molecule is CCOc1ccc([C@H](C)NS(=O)(=O)Cc2ccc(Cl)c(Cl)c2)cc1. The molecule has 0 aromatic heterocycles. The highest BCUT2D eigenvalue weighted by atomic mass is 35.5. The van der Waals surface area contributed by atoms with Crippen LogP contribution in [0.3, 0.4) is 0 Å². The summed E-state index contributed by atoms with van der Waals surface area (Å²) in [4.78, 5) is 0. The maximum atomic E-state index is 12.3. The quantitative estimate of drug-likeness (QED) is 0.756. The van der Waals surface area contributed by atoms with Crippen LogP contribution in [0.4, 0.5) is 0 Å². The van der Waals surface area contributed by atoms with Gasteiger partial charge in [0, 0.05) is 6.04 Å². The topological polar surface area (TPSA) is 55.4 Å². The second kappa shape index (κ2) is 8.21. The summed E-state index contributed by atoms with van der Waals surface area (Å²) in [6, 6.07) is 11.8. The Morgan fingerprint density at radius 2 is 1.75 bits per heavy atom. The zero-order chi connectivity index (χ0) is 17.7. The van der Waals surface area contributed by atoms with Crippen LogP contribution in [0.1, 0.15) is 31.0 Å². The molecule has 2 aromatic carbocycles. The van der Waals surface area contributed by atoms with Crippen molar-refractivity contribution < 1.29 is 13.2 Å². The minimum Gasteiger partial charge on any atom is -0.494 e. The average molecular weight is 388 g/mol. The maximum absolute atomic E-state index is 12.3.